The van der Waals surface area contributed by atoms with Crippen LogP contribution >= 0.6 is 0 Å². The SMILES string of the molecule is O=[N+]([O-])c1cccc(-c2cc(-c3cccc([N+](=O)[O-])c3)c3c(ccc4ccccc43)n2)c1. The molecule has 0 radical (unpaired) electrons. The highest BCUT2D eigenvalue weighted by Gasteiger charge is 2.16. The number of nitro benzene ring substituents is 2. The highest BCUT2D eigenvalue weighted by Crippen LogP contribution is 2.37. The third-order valence-electron chi connectivity index (χ3n) is 5.42. The minimum atomic E-state index is -0.445. The van der Waals surface area contributed by atoms with E-state index in [9.17, 15) is 20.2 Å². The van der Waals surface area contributed by atoms with Gasteiger partial charge in [0.25, 0.3) is 11.4 Å². The third kappa shape index (κ3) is 3.31. The summed E-state index contributed by atoms with van der Waals surface area (Å²) in [7, 11) is 0. The minimum Gasteiger partial charge on any atom is -0.258 e. The monoisotopic (exact) mass is 421 g/mol. The van der Waals surface area contributed by atoms with Gasteiger partial charge in [-0.15, -0.1) is 0 Å². The molecule has 32 heavy (non-hydrogen) atoms. The van der Waals surface area contributed by atoms with E-state index in [4.69, 9.17) is 4.98 Å². The number of rotatable bonds is 4. The van der Waals surface area contributed by atoms with Crippen LogP contribution in [-0.2, 0) is 0 Å². The number of non-ortho nitro benzene ring substituents is 2. The van der Waals surface area contributed by atoms with Crippen molar-refractivity contribution in [3.8, 4) is 22.4 Å². The van der Waals surface area contributed by atoms with E-state index in [1.807, 2.05) is 48.5 Å². The van der Waals surface area contributed by atoms with Gasteiger partial charge in [0.2, 0.25) is 0 Å². The van der Waals surface area contributed by atoms with Gasteiger partial charge < -0.3 is 0 Å². The molecule has 0 amide bonds. The molecule has 0 bridgehead atoms. The van der Waals surface area contributed by atoms with Crippen molar-refractivity contribution in [3.05, 3.63) is 111 Å². The van der Waals surface area contributed by atoms with Gasteiger partial charge in [-0.25, -0.2) is 4.98 Å². The van der Waals surface area contributed by atoms with Crippen molar-refractivity contribution >= 4 is 33.1 Å². The summed E-state index contributed by atoms with van der Waals surface area (Å²) < 4.78 is 0. The highest BCUT2D eigenvalue weighted by atomic mass is 16.6. The number of hydrogen-bond acceptors (Lipinski definition) is 5. The van der Waals surface area contributed by atoms with Crippen LogP contribution in [0.25, 0.3) is 44.1 Å². The molecule has 0 unspecified atom stereocenters. The Hall–Kier alpha value is -4.65. The van der Waals surface area contributed by atoms with Crippen LogP contribution < -0.4 is 0 Å². The van der Waals surface area contributed by atoms with E-state index in [-0.39, 0.29) is 11.4 Å². The van der Waals surface area contributed by atoms with Crippen molar-refractivity contribution in [3.63, 3.8) is 0 Å². The number of pyridine rings is 1. The fourth-order valence-corrected chi connectivity index (χ4v) is 3.95. The third-order valence-corrected chi connectivity index (χ3v) is 5.42. The molecule has 0 aliphatic rings. The standard InChI is InChI=1S/C25H15N3O4/c29-27(30)19-8-3-6-17(13-19)22-15-24(18-7-4-9-20(14-18)28(31)32)26-23-12-11-16-5-1-2-10-21(16)25(22)23/h1-15H. The first kappa shape index (κ1) is 19.3. The number of hydrogen-bond donors (Lipinski definition) is 0. The van der Waals surface area contributed by atoms with Gasteiger partial charge in [-0.3, -0.25) is 20.2 Å². The first-order valence-electron chi connectivity index (χ1n) is 9.83. The number of fused-ring (bicyclic) bond motifs is 3. The lowest BCUT2D eigenvalue weighted by atomic mass is 9.94. The summed E-state index contributed by atoms with van der Waals surface area (Å²) in [4.78, 5) is 26.5. The van der Waals surface area contributed by atoms with E-state index in [1.165, 1.54) is 24.3 Å². The second kappa shape index (κ2) is 7.55. The lowest BCUT2D eigenvalue weighted by molar-refractivity contribution is -0.385. The predicted octanol–water partition coefficient (Wildman–Crippen LogP) is 6.54. The van der Waals surface area contributed by atoms with Crippen LogP contribution in [0.4, 0.5) is 11.4 Å². The maximum absolute atomic E-state index is 11.4. The molecule has 0 saturated carbocycles. The Bertz CT molecular complexity index is 1550. The van der Waals surface area contributed by atoms with Gasteiger partial charge in [0.15, 0.2) is 0 Å². The quantitative estimate of drug-likeness (QED) is 0.186. The van der Waals surface area contributed by atoms with E-state index in [0.29, 0.717) is 22.3 Å². The molecule has 7 nitrogen and oxygen atoms in total. The van der Waals surface area contributed by atoms with Crippen molar-refractivity contribution in [2.45, 2.75) is 0 Å². The second-order valence-electron chi connectivity index (χ2n) is 7.35. The summed E-state index contributed by atoms with van der Waals surface area (Å²) in [6.07, 6.45) is 0. The van der Waals surface area contributed by atoms with Gasteiger partial charge in [0, 0.05) is 35.2 Å². The van der Waals surface area contributed by atoms with Crippen LogP contribution in [0.3, 0.4) is 0 Å². The number of nitrogens with zero attached hydrogens (tertiary/aromatic N) is 3. The normalized spacial score (nSPS) is 11.0. The summed E-state index contributed by atoms with van der Waals surface area (Å²) in [5.74, 6) is 0. The smallest absolute Gasteiger partial charge is 0.258 e. The van der Waals surface area contributed by atoms with Crippen LogP contribution in [0.5, 0.6) is 0 Å². The van der Waals surface area contributed by atoms with Crippen molar-refractivity contribution in [2.24, 2.45) is 0 Å². The van der Waals surface area contributed by atoms with Crippen LogP contribution in [0.2, 0.25) is 0 Å². The topological polar surface area (TPSA) is 99.2 Å². The predicted molar refractivity (Wildman–Crippen MR) is 123 cm³/mol. The lowest BCUT2D eigenvalue weighted by Gasteiger charge is -2.13. The van der Waals surface area contributed by atoms with Gasteiger partial charge in [0.05, 0.1) is 21.1 Å². The Kier molecular flexibility index (Phi) is 4.56. The molecule has 4 aromatic carbocycles. The van der Waals surface area contributed by atoms with Crippen molar-refractivity contribution in [1.29, 1.82) is 0 Å². The summed E-state index contributed by atoms with van der Waals surface area (Å²) in [5.41, 5.74) is 3.27. The molecule has 0 atom stereocenters. The summed E-state index contributed by atoms with van der Waals surface area (Å²) in [6.45, 7) is 0. The maximum Gasteiger partial charge on any atom is 0.270 e. The van der Waals surface area contributed by atoms with E-state index in [0.717, 1.165) is 21.7 Å². The molecule has 0 N–H and O–H groups in total. The molecule has 5 aromatic rings. The molecule has 1 heterocycles. The molecular formula is C25H15N3O4. The van der Waals surface area contributed by atoms with E-state index < -0.39 is 9.85 Å². The Morgan fingerprint density at radius 1 is 0.656 bits per heavy atom. The molecule has 5 rings (SSSR count). The number of nitro groups is 2. The largest absolute Gasteiger partial charge is 0.270 e. The molecule has 1 aromatic heterocycles. The molecule has 7 heteroatoms. The lowest BCUT2D eigenvalue weighted by Crippen LogP contribution is -1.94. The zero-order valence-electron chi connectivity index (χ0n) is 16.6. The number of benzene rings is 4. The Balaban J connectivity index is 1.86. The Morgan fingerprint density at radius 3 is 2.03 bits per heavy atom. The van der Waals surface area contributed by atoms with Crippen LogP contribution in [0.15, 0.2) is 91.0 Å². The fourth-order valence-electron chi connectivity index (χ4n) is 3.95. The molecule has 0 aliphatic heterocycles. The number of aromatic nitrogens is 1. The fraction of sp³-hybridized carbons (Fsp3) is 0. The van der Waals surface area contributed by atoms with Crippen molar-refractivity contribution in [2.75, 3.05) is 0 Å². The zero-order valence-corrected chi connectivity index (χ0v) is 16.6. The van der Waals surface area contributed by atoms with E-state index in [1.54, 1.807) is 18.2 Å². The first-order chi connectivity index (χ1) is 15.5. The van der Waals surface area contributed by atoms with Gasteiger partial charge >= 0.3 is 0 Å². The minimum absolute atomic E-state index is 0.00963. The molecule has 0 saturated heterocycles. The van der Waals surface area contributed by atoms with Crippen LogP contribution in [-0.4, -0.2) is 14.8 Å². The zero-order chi connectivity index (χ0) is 22.2. The summed E-state index contributed by atoms with van der Waals surface area (Å²) >= 11 is 0. The average Bonchev–Trinajstić information content (AvgIpc) is 2.83. The highest BCUT2D eigenvalue weighted by molar-refractivity contribution is 6.13. The van der Waals surface area contributed by atoms with Crippen molar-refractivity contribution in [1.82, 2.24) is 4.98 Å². The van der Waals surface area contributed by atoms with Crippen LogP contribution in [0, 0.1) is 20.2 Å². The summed E-state index contributed by atoms with van der Waals surface area (Å²) in [5, 5.41) is 25.5. The first-order valence-corrected chi connectivity index (χ1v) is 9.83. The maximum atomic E-state index is 11.4. The molecule has 0 spiro atoms. The van der Waals surface area contributed by atoms with E-state index in [2.05, 4.69) is 0 Å². The Morgan fingerprint density at radius 2 is 1.31 bits per heavy atom. The van der Waals surface area contributed by atoms with Crippen molar-refractivity contribution < 1.29 is 9.85 Å². The van der Waals surface area contributed by atoms with Gasteiger partial charge in [-0.2, -0.15) is 0 Å². The second-order valence-corrected chi connectivity index (χ2v) is 7.35. The van der Waals surface area contributed by atoms with Crippen LogP contribution in [0.1, 0.15) is 0 Å². The summed E-state index contributed by atoms with van der Waals surface area (Å²) in [6, 6.07) is 26.3. The van der Waals surface area contributed by atoms with Gasteiger partial charge in [0.1, 0.15) is 0 Å². The van der Waals surface area contributed by atoms with Gasteiger partial charge in [-0.05, 0) is 34.0 Å². The average molecular weight is 421 g/mol. The Labute approximate surface area is 181 Å². The van der Waals surface area contributed by atoms with Gasteiger partial charge in [-0.1, -0.05) is 54.6 Å². The molecule has 0 fully saturated rings. The van der Waals surface area contributed by atoms with E-state index >= 15 is 0 Å². The molecular weight excluding hydrogens is 406 g/mol. The molecule has 154 valence electrons. The molecule has 0 aliphatic carbocycles.